The van der Waals surface area contributed by atoms with Crippen LogP contribution in [0.25, 0.3) is 10.2 Å². The van der Waals surface area contributed by atoms with Crippen LogP contribution < -0.4 is 0 Å². The smallest absolute Gasteiger partial charge is 0.0972 e. The minimum absolute atomic E-state index is 0.654. The molecule has 1 saturated carbocycles. The quantitative estimate of drug-likeness (QED) is 0.446. The van der Waals surface area contributed by atoms with Gasteiger partial charge in [0.25, 0.3) is 0 Å². The van der Waals surface area contributed by atoms with E-state index in [1.807, 2.05) is 11.3 Å². The molecule has 0 amide bonds. The molecule has 0 radical (unpaired) electrons. The van der Waals surface area contributed by atoms with Gasteiger partial charge in [0.1, 0.15) is 0 Å². The summed E-state index contributed by atoms with van der Waals surface area (Å²) in [7, 11) is 0. The normalized spacial score (nSPS) is 21.0. The molecule has 0 N–H and O–H groups in total. The van der Waals surface area contributed by atoms with E-state index >= 15 is 0 Å². The SMILES string of the molecule is Cc1ccc(CCC2CCCCCC2c2nc3ccccc3s2)cc1C. The first-order valence-electron chi connectivity index (χ1n) is 10.1. The second-order valence-electron chi connectivity index (χ2n) is 7.98. The zero-order chi connectivity index (χ0) is 17.9. The fraction of sp³-hybridized carbons (Fsp3) is 0.458. The zero-order valence-electron chi connectivity index (χ0n) is 16.0. The standard InChI is InChI=1S/C24H29NS/c1-17-12-13-19(16-18(17)2)14-15-20-8-4-3-5-9-21(20)24-25-22-10-6-7-11-23(22)26-24/h6-7,10-13,16,20-21H,3-5,8-9,14-15H2,1-2H3. The van der Waals surface area contributed by atoms with Crippen molar-refractivity contribution in [1.29, 1.82) is 0 Å². The second kappa shape index (κ2) is 7.92. The molecule has 1 aliphatic carbocycles. The Bertz CT molecular complexity index is 846. The zero-order valence-corrected chi connectivity index (χ0v) is 16.8. The highest BCUT2D eigenvalue weighted by molar-refractivity contribution is 7.18. The average molecular weight is 364 g/mol. The molecule has 2 heteroatoms. The largest absolute Gasteiger partial charge is 0.241 e. The molecule has 2 atom stereocenters. The maximum atomic E-state index is 5.03. The summed E-state index contributed by atoms with van der Waals surface area (Å²) in [6.45, 7) is 4.43. The first-order chi connectivity index (χ1) is 12.7. The molecule has 1 fully saturated rings. The summed E-state index contributed by atoms with van der Waals surface area (Å²) < 4.78 is 1.35. The number of rotatable bonds is 4. The van der Waals surface area contributed by atoms with Crippen molar-refractivity contribution in [3.8, 4) is 0 Å². The highest BCUT2D eigenvalue weighted by Gasteiger charge is 2.27. The molecular weight excluding hydrogens is 334 g/mol. The molecule has 0 aliphatic heterocycles. The molecule has 1 aliphatic rings. The fourth-order valence-electron chi connectivity index (χ4n) is 4.41. The predicted molar refractivity (Wildman–Crippen MR) is 113 cm³/mol. The summed E-state index contributed by atoms with van der Waals surface area (Å²) in [5, 5.41) is 1.39. The van der Waals surface area contributed by atoms with Crippen molar-refractivity contribution in [3.05, 3.63) is 64.2 Å². The van der Waals surface area contributed by atoms with E-state index < -0.39 is 0 Å². The van der Waals surface area contributed by atoms with Crippen molar-refractivity contribution in [2.45, 2.75) is 64.7 Å². The van der Waals surface area contributed by atoms with Crippen LogP contribution in [0.3, 0.4) is 0 Å². The maximum absolute atomic E-state index is 5.03. The minimum atomic E-state index is 0.654. The number of hydrogen-bond acceptors (Lipinski definition) is 2. The number of fused-ring (bicyclic) bond motifs is 1. The van der Waals surface area contributed by atoms with Crippen LogP contribution in [0.2, 0.25) is 0 Å². The molecular formula is C24H29NS. The van der Waals surface area contributed by atoms with Gasteiger partial charge in [-0.25, -0.2) is 4.98 Å². The Kier molecular flexibility index (Phi) is 5.40. The summed E-state index contributed by atoms with van der Waals surface area (Å²) in [6, 6.07) is 15.6. The van der Waals surface area contributed by atoms with Gasteiger partial charge in [-0.2, -0.15) is 0 Å². The van der Waals surface area contributed by atoms with Crippen molar-refractivity contribution in [3.63, 3.8) is 0 Å². The van der Waals surface area contributed by atoms with Crippen molar-refractivity contribution in [1.82, 2.24) is 4.98 Å². The molecule has 26 heavy (non-hydrogen) atoms. The number of thiazole rings is 1. The summed E-state index contributed by atoms with van der Waals surface area (Å²) in [5.74, 6) is 1.43. The lowest BCUT2D eigenvalue weighted by Gasteiger charge is -2.23. The number of para-hydroxylation sites is 1. The Balaban J connectivity index is 1.54. The van der Waals surface area contributed by atoms with E-state index in [-0.39, 0.29) is 0 Å². The molecule has 1 aromatic heterocycles. The van der Waals surface area contributed by atoms with Gasteiger partial charge in [-0.15, -0.1) is 11.3 Å². The van der Waals surface area contributed by atoms with Crippen LogP contribution in [0.4, 0.5) is 0 Å². The van der Waals surface area contributed by atoms with E-state index in [1.165, 1.54) is 76.9 Å². The average Bonchev–Trinajstić information content (AvgIpc) is 2.94. The third kappa shape index (κ3) is 3.86. The minimum Gasteiger partial charge on any atom is -0.241 e. The van der Waals surface area contributed by atoms with Crippen LogP contribution >= 0.6 is 11.3 Å². The van der Waals surface area contributed by atoms with Gasteiger partial charge in [-0.3, -0.25) is 0 Å². The van der Waals surface area contributed by atoms with Crippen molar-refractivity contribution >= 4 is 21.6 Å². The molecule has 0 bridgehead atoms. The maximum Gasteiger partial charge on any atom is 0.0972 e. The Labute approximate surface area is 161 Å². The molecule has 3 aromatic rings. The van der Waals surface area contributed by atoms with Gasteiger partial charge in [-0.05, 0) is 74.3 Å². The molecule has 136 valence electrons. The molecule has 0 spiro atoms. The second-order valence-corrected chi connectivity index (χ2v) is 9.04. The van der Waals surface area contributed by atoms with Crippen LogP contribution in [0.15, 0.2) is 42.5 Å². The van der Waals surface area contributed by atoms with Gasteiger partial charge in [0, 0.05) is 5.92 Å². The van der Waals surface area contributed by atoms with Crippen molar-refractivity contribution in [2.75, 3.05) is 0 Å². The Morgan fingerprint density at radius 2 is 1.81 bits per heavy atom. The highest BCUT2D eigenvalue weighted by Crippen LogP contribution is 2.41. The van der Waals surface area contributed by atoms with E-state index in [9.17, 15) is 0 Å². The lowest BCUT2D eigenvalue weighted by Crippen LogP contribution is -2.13. The van der Waals surface area contributed by atoms with Gasteiger partial charge < -0.3 is 0 Å². The van der Waals surface area contributed by atoms with Gasteiger partial charge >= 0.3 is 0 Å². The monoisotopic (exact) mass is 363 g/mol. The Morgan fingerprint density at radius 1 is 0.962 bits per heavy atom. The Morgan fingerprint density at radius 3 is 2.65 bits per heavy atom. The third-order valence-corrected chi connectivity index (χ3v) is 7.33. The topological polar surface area (TPSA) is 12.9 Å². The van der Waals surface area contributed by atoms with Crippen molar-refractivity contribution < 1.29 is 0 Å². The third-order valence-electron chi connectivity index (χ3n) is 6.16. The van der Waals surface area contributed by atoms with Crippen LogP contribution in [-0.4, -0.2) is 4.98 Å². The van der Waals surface area contributed by atoms with E-state index in [2.05, 4.69) is 56.3 Å². The number of nitrogens with zero attached hydrogens (tertiary/aromatic N) is 1. The van der Waals surface area contributed by atoms with E-state index in [0.717, 1.165) is 5.92 Å². The first kappa shape index (κ1) is 17.7. The molecule has 2 unspecified atom stereocenters. The fourth-order valence-corrected chi connectivity index (χ4v) is 5.61. The van der Waals surface area contributed by atoms with Crippen LogP contribution in [0.1, 0.15) is 66.1 Å². The van der Waals surface area contributed by atoms with Gasteiger partial charge in [-0.1, -0.05) is 49.6 Å². The van der Waals surface area contributed by atoms with Crippen molar-refractivity contribution in [2.24, 2.45) is 5.92 Å². The van der Waals surface area contributed by atoms with E-state index in [0.29, 0.717) is 5.92 Å². The van der Waals surface area contributed by atoms with Crippen LogP contribution in [-0.2, 0) is 6.42 Å². The number of aryl methyl sites for hydroxylation is 3. The van der Waals surface area contributed by atoms with E-state index in [1.54, 1.807) is 0 Å². The summed E-state index contributed by atoms with van der Waals surface area (Å²) in [5.41, 5.74) is 5.51. The molecule has 1 nitrogen and oxygen atoms in total. The van der Waals surface area contributed by atoms with Gasteiger partial charge in [0.05, 0.1) is 15.2 Å². The number of hydrogen-bond donors (Lipinski definition) is 0. The highest BCUT2D eigenvalue weighted by atomic mass is 32.1. The lowest BCUT2D eigenvalue weighted by atomic mass is 9.83. The first-order valence-corrected chi connectivity index (χ1v) is 10.9. The summed E-state index contributed by atoms with van der Waals surface area (Å²) in [6.07, 6.45) is 9.32. The predicted octanol–water partition coefficient (Wildman–Crippen LogP) is 7.21. The lowest BCUT2D eigenvalue weighted by molar-refractivity contribution is 0.373. The van der Waals surface area contributed by atoms with Crippen LogP contribution in [0, 0.1) is 19.8 Å². The Hall–Kier alpha value is -1.67. The number of aromatic nitrogens is 1. The van der Waals surface area contributed by atoms with E-state index in [4.69, 9.17) is 4.98 Å². The molecule has 1 heterocycles. The molecule has 4 rings (SSSR count). The number of benzene rings is 2. The van der Waals surface area contributed by atoms with Crippen LogP contribution in [0.5, 0.6) is 0 Å². The van der Waals surface area contributed by atoms with Gasteiger partial charge in [0.2, 0.25) is 0 Å². The molecule has 2 aromatic carbocycles. The van der Waals surface area contributed by atoms with Gasteiger partial charge in [0.15, 0.2) is 0 Å². The summed E-state index contributed by atoms with van der Waals surface area (Å²) >= 11 is 1.93. The molecule has 0 saturated heterocycles. The summed E-state index contributed by atoms with van der Waals surface area (Å²) in [4.78, 5) is 5.03.